The van der Waals surface area contributed by atoms with Crippen molar-refractivity contribution in [1.29, 1.82) is 0 Å². The number of hydrogen-bond donors (Lipinski definition) is 0. The molecular formula is C30H61FO9. The van der Waals surface area contributed by atoms with E-state index in [0.29, 0.717) is 106 Å². The fourth-order valence-corrected chi connectivity index (χ4v) is 3.61. The lowest BCUT2D eigenvalue weighted by Gasteiger charge is -2.09. The maximum Gasteiger partial charge on any atom is 0.113 e. The highest BCUT2D eigenvalue weighted by atomic mass is 19.1. The van der Waals surface area contributed by atoms with E-state index < -0.39 is 6.67 Å². The summed E-state index contributed by atoms with van der Waals surface area (Å²) in [4.78, 5) is 0. The third-order valence-corrected chi connectivity index (χ3v) is 5.84. The molecule has 10 heteroatoms. The predicted molar refractivity (Wildman–Crippen MR) is 155 cm³/mol. The number of rotatable bonds is 37. The lowest BCUT2D eigenvalue weighted by Crippen LogP contribution is -2.15. The fraction of sp³-hybridized carbons (Fsp3) is 1.00. The number of unbranched alkanes of at least 4 members (excludes halogenated alkanes) is 9. The summed E-state index contributed by atoms with van der Waals surface area (Å²) in [7, 11) is 0. The normalized spacial score (nSPS) is 11.6. The summed E-state index contributed by atoms with van der Waals surface area (Å²) in [6.45, 7) is 11.1. The van der Waals surface area contributed by atoms with E-state index in [1.165, 1.54) is 57.8 Å². The molecule has 0 aliphatic rings. The largest absolute Gasteiger partial charge is 0.379 e. The average Bonchev–Trinajstić information content (AvgIpc) is 2.97. The zero-order chi connectivity index (χ0) is 28.9. The molecule has 0 heterocycles. The quantitative estimate of drug-likeness (QED) is 0.0934. The Labute approximate surface area is 244 Å². The lowest BCUT2D eigenvalue weighted by molar-refractivity contribution is -0.0252. The Morgan fingerprint density at radius 2 is 0.500 bits per heavy atom. The van der Waals surface area contributed by atoms with Crippen LogP contribution in [0.3, 0.4) is 0 Å². The number of ether oxygens (including phenoxy) is 9. The second kappa shape index (κ2) is 38.6. The molecule has 0 bridgehead atoms. The minimum Gasteiger partial charge on any atom is -0.379 e. The van der Waals surface area contributed by atoms with Crippen molar-refractivity contribution in [3.05, 3.63) is 0 Å². The van der Waals surface area contributed by atoms with Gasteiger partial charge in [-0.05, 0) is 6.42 Å². The van der Waals surface area contributed by atoms with Gasteiger partial charge in [-0.3, -0.25) is 0 Å². The number of halogens is 1. The second-order valence-corrected chi connectivity index (χ2v) is 9.38. The van der Waals surface area contributed by atoms with Crippen molar-refractivity contribution in [3.8, 4) is 0 Å². The number of hydrogen-bond acceptors (Lipinski definition) is 9. The molecule has 9 nitrogen and oxygen atoms in total. The maximum absolute atomic E-state index is 11.8. The third-order valence-electron chi connectivity index (χ3n) is 5.84. The van der Waals surface area contributed by atoms with Gasteiger partial charge < -0.3 is 42.6 Å². The Morgan fingerprint density at radius 3 is 0.775 bits per heavy atom. The first-order valence-electron chi connectivity index (χ1n) is 15.7. The van der Waals surface area contributed by atoms with Crippen LogP contribution in [0.15, 0.2) is 0 Å². The third kappa shape index (κ3) is 37.6. The van der Waals surface area contributed by atoms with E-state index >= 15 is 0 Å². The summed E-state index contributed by atoms with van der Waals surface area (Å²) in [5.74, 6) is 0. The maximum atomic E-state index is 11.8. The van der Waals surface area contributed by atoms with Gasteiger partial charge in [-0.15, -0.1) is 0 Å². The molecule has 0 aromatic heterocycles. The van der Waals surface area contributed by atoms with Crippen LogP contribution in [-0.4, -0.2) is 126 Å². The molecule has 0 radical (unpaired) electrons. The molecule has 0 fully saturated rings. The highest BCUT2D eigenvalue weighted by molar-refractivity contribution is 4.47. The van der Waals surface area contributed by atoms with Gasteiger partial charge in [0.25, 0.3) is 0 Å². The monoisotopic (exact) mass is 584 g/mol. The summed E-state index contributed by atoms with van der Waals surface area (Å²) in [6, 6.07) is 0. The first kappa shape index (κ1) is 39.6. The van der Waals surface area contributed by atoms with Crippen LogP contribution >= 0.6 is 0 Å². The van der Waals surface area contributed by atoms with Crippen LogP contribution in [0, 0.1) is 0 Å². The van der Waals surface area contributed by atoms with E-state index in [2.05, 4.69) is 6.92 Å². The van der Waals surface area contributed by atoms with Crippen LogP contribution in [0.25, 0.3) is 0 Å². The molecule has 0 saturated carbocycles. The van der Waals surface area contributed by atoms with Crippen molar-refractivity contribution in [2.45, 2.75) is 71.1 Å². The molecular weight excluding hydrogens is 523 g/mol. The Balaban J connectivity index is 3.01. The topological polar surface area (TPSA) is 83.1 Å². The molecule has 0 N–H and O–H groups in total. The van der Waals surface area contributed by atoms with Gasteiger partial charge in [0.1, 0.15) is 6.67 Å². The van der Waals surface area contributed by atoms with E-state index in [0.717, 1.165) is 13.0 Å². The van der Waals surface area contributed by atoms with Crippen molar-refractivity contribution in [1.82, 2.24) is 0 Å². The van der Waals surface area contributed by atoms with E-state index in [-0.39, 0.29) is 6.61 Å². The van der Waals surface area contributed by atoms with Gasteiger partial charge in [-0.25, -0.2) is 4.39 Å². The molecule has 0 spiro atoms. The molecule has 0 aliphatic heterocycles. The van der Waals surface area contributed by atoms with E-state index in [1.54, 1.807) is 0 Å². The van der Waals surface area contributed by atoms with Crippen molar-refractivity contribution in [3.63, 3.8) is 0 Å². The summed E-state index contributed by atoms with van der Waals surface area (Å²) in [5.41, 5.74) is 0. The summed E-state index contributed by atoms with van der Waals surface area (Å²) >= 11 is 0. The van der Waals surface area contributed by atoms with Crippen molar-refractivity contribution < 1.29 is 47.0 Å². The molecule has 0 aromatic rings. The van der Waals surface area contributed by atoms with Crippen molar-refractivity contribution in [2.24, 2.45) is 0 Å². The zero-order valence-corrected chi connectivity index (χ0v) is 25.6. The molecule has 0 atom stereocenters. The lowest BCUT2D eigenvalue weighted by atomic mass is 10.1. The van der Waals surface area contributed by atoms with Gasteiger partial charge in [0.05, 0.1) is 112 Å². The van der Waals surface area contributed by atoms with Crippen LogP contribution in [0.4, 0.5) is 4.39 Å². The van der Waals surface area contributed by atoms with Gasteiger partial charge in [0.15, 0.2) is 0 Å². The number of alkyl halides is 1. The Morgan fingerprint density at radius 1 is 0.275 bits per heavy atom. The second-order valence-electron chi connectivity index (χ2n) is 9.38. The van der Waals surface area contributed by atoms with Crippen LogP contribution in [0.1, 0.15) is 71.1 Å². The summed E-state index contributed by atoms with van der Waals surface area (Å²) in [6.07, 6.45) is 13.4. The first-order chi connectivity index (χ1) is 19.9. The smallest absolute Gasteiger partial charge is 0.113 e. The Kier molecular flexibility index (Phi) is 38.2. The van der Waals surface area contributed by atoms with E-state index in [4.69, 9.17) is 42.6 Å². The van der Waals surface area contributed by atoms with Gasteiger partial charge >= 0.3 is 0 Å². The van der Waals surface area contributed by atoms with Gasteiger partial charge in [0.2, 0.25) is 0 Å². The molecule has 40 heavy (non-hydrogen) atoms. The molecule has 0 saturated heterocycles. The summed E-state index contributed by atoms with van der Waals surface area (Å²) < 4.78 is 60.5. The van der Waals surface area contributed by atoms with Crippen LogP contribution in [0.5, 0.6) is 0 Å². The van der Waals surface area contributed by atoms with Crippen molar-refractivity contribution >= 4 is 0 Å². The highest BCUT2D eigenvalue weighted by Crippen LogP contribution is 2.10. The van der Waals surface area contributed by atoms with Crippen LogP contribution in [-0.2, 0) is 42.6 Å². The highest BCUT2D eigenvalue weighted by Gasteiger charge is 1.96. The average molecular weight is 585 g/mol. The van der Waals surface area contributed by atoms with Gasteiger partial charge in [-0.1, -0.05) is 64.7 Å². The Bertz CT molecular complexity index is 398. The van der Waals surface area contributed by atoms with E-state index in [9.17, 15) is 4.39 Å². The van der Waals surface area contributed by atoms with E-state index in [1.807, 2.05) is 0 Å². The minimum absolute atomic E-state index is 0.121. The SMILES string of the molecule is CCCCCCCCCCCCOCCOCCOCCOCCOCCOCCOCCOCCOCCF. The first-order valence-corrected chi connectivity index (χ1v) is 15.7. The predicted octanol–water partition coefficient (Wildman–Crippen LogP) is 5.03. The fourth-order valence-electron chi connectivity index (χ4n) is 3.61. The van der Waals surface area contributed by atoms with Crippen LogP contribution < -0.4 is 0 Å². The van der Waals surface area contributed by atoms with Crippen molar-refractivity contribution in [2.75, 3.05) is 126 Å². The zero-order valence-electron chi connectivity index (χ0n) is 25.6. The van der Waals surface area contributed by atoms with Crippen LogP contribution in [0.2, 0.25) is 0 Å². The standard InChI is InChI=1S/C30H61FO9/c1-2-3-4-5-6-7-8-9-10-11-13-32-15-17-34-19-21-36-23-25-38-27-29-40-30-28-39-26-24-37-22-20-35-18-16-33-14-12-31/h2-30H2,1H3. The molecule has 0 unspecified atom stereocenters. The Hall–Kier alpha value is -0.430. The molecule has 0 amide bonds. The molecule has 0 aliphatic carbocycles. The summed E-state index contributed by atoms with van der Waals surface area (Å²) in [5, 5.41) is 0. The van der Waals surface area contributed by atoms with Gasteiger partial charge in [-0.2, -0.15) is 0 Å². The minimum atomic E-state index is -0.467. The van der Waals surface area contributed by atoms with Gasteiger partial charge in [0, 0.05) is 6.61 Å². The molecule has 242 valence electrons. The molecule has 0 rings (SSSR count). The molecule has 0 aromatic carbocycles.